The van der Waals surface area contributed by atoms with Crippen LogP contribution in [0.2, 0.25) is 0 Å². The van der Waals surface area contributed by atoms with Crippen LogP contribution in [-0.2, 0) is 22.7 Å². The molecular weight excluding hydrogens is 699 g/mol. The Morgan fingerprint density at radius 3 is 2.33 bits per heavy atom. The van der Waals surface area contributed by atoms with Gasteiger partial charge in [0.05, 0.1) is 5.56 Å². The molecule has 2 aliphatic rings. The second-order valence-corrected chi connectivity index (χ2v) is 13.8. The third-order valence-corrected chi connectivity index (χ3v) is 10.2. The molecule has 0 saturated carbocycles. The molecule has 0 amide bonds. The minimum absolute atomic E-state index is 0.163. The van der Waals surface area contributed by atoms with E-state index in [9.17, 15) is 23.2 Å². The van der Waals surface area contributed by atoms with E-state index in [2.05, 4.69) is 11.4 Å². The standard InChI is InChI=1S/C41H36F3N5O5/c1-22-28(29-7-4-9-31(23(29)2)39-48-34-15-24(14-25(18-45)37(34)54-39)19-49-13-11-27(42)20-49)6-3-8-30(22)38-47-33-16-26(21-51-40(50)32-10-5-12-46-32)35(53-41(43)44)17-36(33)52-38/h3-4,6-9,14-17,27,32,41,46H,5,10-13,19-21H2,1-2H3/t27?,32-/m0/s1. The molecule has 0 radical (unpaired) electrons. The molecular formula is C41H36F3N5O5. The molecule has 2 atom stereocenters. The van der Waals surface area contributed by atoms with E-state index in [-0.39, 0.29) is 29.4 Å². The number of aromatic nitrogens is 2. The maximum Gasteiger partial charge on any atom is 0.387 e. The molecule has 2 aromatic heterocycles. The molecule has 2 saturated heterocycles. The van der Waals surface area contributed by atoms with Gasteiger partial charge in [0.25, 0.3) is 0 Å². The smallest absolute Gasteiger partial charge is 0.387 e. The number of oxazole rings is 2. The second kappa shape index (κ2) is 14.6. The zero-order chi connectivity index (χ0) is 37.5. The molecule has 0 aliphatic carbocycles. The highest BCUT2D eigenvalue weighted by Gasteiger charge is 2.26. The van der Waals surface area contributed by atoms with Gasteiger partial charge in [0, 0.05) is 42.4 Å². The number of alkyl halides is 3. The summed E-state index contributed by atoms with van der Waals surface area (Å²) < 4.78 is 63.2. The number of hydrogen-bond donors (Lipinski definition) is 1. The van der Waals surface area contributed by atoms with Gasteiger partial charge in [0.2, 0.25) is 11.8 Å². The molecule has 54 heavy (non-hydrogen) atoms. The molecule has 0 spiro atoms. The second-order valence-electron chi connectivity index (χ2n) is 13.8. The lowest BCUT2D eigenvalue weighted by molar-refractivity contribution is -0.147. The van der Waals surface area contributed by atoms with Crippen LogP contribution < -0.4 is 10.1 Å². The van der Waals surface area contributed by atoms with Crippen LogP contribution in [0.15, 0.2) is 69.5 Å². The summed E-state index contributed by atoms with van der Waals surface area (Å²) in [5.74, 6) is 0.0367. The maximum absolute atomic E-state index is 13.8. The predicted molar refractivity (Wildman–Crippen MR) is 194 cm³/mol. The molecule has 4 aromatic carbocycles. The first kappa shape index (κ1) is 35.3. The minimum Gasteiger partial charge on any atom is -0.460 e. The molecule has 1 N–H and O–H groups in total. The summed E-state index contributed by atoms with van der Waals surface area (Å²) >= 11 is 0. The van der Waals surface area contributed by atoms with Gasteiger partial charge in [-0.1, -0.05) is 24.3 Å². The van der Waals surface area contributed by atoms with Crippen molar-refractivity contribution in [2.75, 3.05) is 19.6 Å². The highest BCUT2D eigenvalue weighted by molar-refractivity contribution is 5.86. The number of hydrogen-bond acceptors (Lipinski definition) is 10. The van der Waals surface area contributed by atoms with Crippen molar-refractivity contribution in [3.63, 3.8) is 0 Å². The largest absolute Gasteiger partial charge is 0.460 e. The van der Waals surface area contributed by atoms with Crippen LogP contribution in [0.1, 0.15) is 47.1 Å². The van der Waals surface area contributed by atoms with Crippen LogP contribution in [0.5, 0.6) is 5.75 Å². The van der Waals surface area contributed by atoms with Gasteiger partial charge < -0.3 is 23.6 Å². The Bertz CT molecular complexity index is 2430. The van der Waals surface area contributed by atoms with E-state index in [0.717, 1.165) is 39.8 Å². The average Bonchev–Trinajstić information content (AvgIpc) is 3.98. The minimum atomic E-state index is -3.10. The Labute approximate surface area is 308 Å². The molecule has 4 heterocycles. The summed E-state index contributed by atoms with van der Waals surface area (Å²) in [5.41, 5.74) is 8.08. The molecule has 13 heteroatoms. The highest BCUT2D eigenvalue weighted by atomic mass is 19.3. The van der Waals surface area contributed by atoms with Gasteiger partial charge in [0.1, 0.15) is 41.7 Å². The lowest BCUT2D eigenvalue weighted by Gasteiger charge is -2.14. The number of nitrogens with zero attached hydrogens (tertiary/aromatic N) is 4. The van der Waals surface area contributed by atoms with E-state index < -0.39 is 24.8 Å². The zero-order valence-corrected chi connectivity index (χ0v) is 29.6. The fraction of sp³-hybridized carbons (Fsp3) is 0.317. The van der Waals surface area contributed by atoms with Crippen molar-refractivity contribution in [2.24, 2.45) is 0 Å². The van der Waals surface area contributed by atoms with Crippen molar-refractivity contribution >= 4 is 28.2 Å². The van der Waals surface area contributed by atoms with Crippen LogP contribution in [-0.4, -0.2) is 59.3 Å². The Morgan fingerprint density at radius 2 is 1.69 bits per heavy atom. The molecule has 6 aromatic rings. The number of carbonyl (C=O) groups excluding carboxylic acids is 1. The lowest BCUT2D eigenvalue weighted by atomic mass is 9.91. The fourth-order valence-electron chi connectivity index (χ4n) is 7.45. The van der Waals surface area contributed by atoms with Gasteiger partial charge in [-0.25, -0.2) is 14.4 Å². The molecule has 276 valence electrons. The summed E-state index contributed by atoms with van der Waals surface area (Å²) in [7, 11) is 0. The first-order chi connectivity index (χ1) is 26.1. The van der Waals surface area contributed by atoms with Crippen LogP contribution in [0.3, 0.4) is 0 Å². The molecule has 2 aliphatic heterocycles. The van der Waals surface area contributed by atoms with Crippen molar-refractivity contribution in [2.45, 2.75) is 65.1 Å². The molecule has 0 bridgehead atoms. The van der Waals surface area contributed by atoms with E-state index in [4.69, 9.17) is 28.3 Å². The van der Waals surface area contributed by atoms with Crippen LogP contribution in [0.4, 0.5) is 13.2 Å². The van der Waals surface area contributed by atoms with E-state index in [1.165, 1.54) is 12.1 Å². The van der Waals surface area contributed by atoms with Gasteiger partial charge in [-0.3, -0.25) is 9.69 Å². The Balaban J connectivity index is 1.10. The number of benzene rings is 4. The molecule has 10 nitrogen and oxygen atoms in total. The summed E-state index contributed by atoms with van der Waals surface area (Å²) in [4.78, 5) is 24.1. The third kappa shape index (κ3) is 6.90. The van der Waals surface area contributed by atoms with Crippen LogP contribution >= 0.6 is 0 Å². The Kier molecular flexibility index (Phi) is 9.56. The number of likely N-dealkylation sites (tertiary alicyclic amines) is 1. The first-order valence-electron chi connectivity index (χ1n) is 17.8. The predicted octanol–water partition coefficient (Wildman–Crippen LogP) is 8.40. The number of carbonyl (C=O) groups is 1. The number of ether oxygens (including phenoxy) is 2. The van der Waals surface area contributed by atoms with E-state index in [0.29, 0.717) is 72.7 Å². The summed E-state index contributed by atoms with van der Waals surface area (Å²) in [6, 6.07) is 19.9. The third-order valence-electron chi connectivity index (χ3n) is 10.2. The Morgan fingerprint density at radius 1 is 0.981 bits per heavy atom. The SMILES string of the molecule is Cc1c(-c2nc3cc(COC(=O)[C@@H]4CCCN4)c(OC(F)F)cc3o2)cccc1-c1cccc(-c2nc3cc(CN4CCC(F)C4)cc(C#N)c3o2)c1C. The van der Waals surface area contributed by atoms with E-state index in [1.54, 1.807) is 6.07 Å². The number of esters is 1. The average molecular weight is 736 g/mol. The Hall–Kier alpha value is -5.71. The maximum atomic E-state index is 13.8. The summed E-state index contributed by atoms with van der Waals surface area (Å²) in [6.07, 6.45) is 1.18. The number of nitriles is 1. The quantitative estimate of drug-likeness (QED) is 0.137. The first-order valence-corrected chi connectivity index (χ1v) is 17.8. The lowest BCUT2D eigenvalue weighted by Crippen LogP contribution is -2.32. The van der Waals surface area contributed by atoms with Gasteiger partial charge in [-0.2, -0.15) is 14.0 Å². The summed E-state index contributed by atoms with van der Waals surface area (Å²) in [6.45, 7) is 2.84. The van der Waals surface area contributed by atoms with Gasteiger partial charge in [0.15, 0.2) is 11.2 Å². The van der Waals surface area contributed by atoms with Crippen molar-refractivity contribution in [3.8, 4) is 45.9 Å². The highest BCUT2D eigenvalue weighted by Crippen LogP contribution is 2.39. The van der Waals surface area contributed by atoms with Crippen molar-refractivity contribution in [3.05, 3.63) is 88.5 Å². The van der Waals surface area contributed by atoms with Crippen molar-refractivity contribution in [1.82, 2.24) is 20.2 Å². The normalized spacial score (nSPS) is 17.5. The van der Waals surface area contributed by atoms with Gasteiger partial charge in [-0.15, -0.1) is 0 Å². The molecule has 2 fully saturated rings. The molecule has 1 unspecified atom stereocenters. The monoisotopic (exact) mass is 735 g/mol. The van der Waals surface area contributed by atoms with Crippen LogP contribution in [0, 0.1) is 25.2 Å². The van der Waals surface area contributed by atoms with Crippen molar-refractivity contribution < 1.29 is 36.3 Å². The topological polar surface area (TPSA) is 127 Å². The van der Waals surface area contributed by atoms with E-state index >= 15 is 0 Å². The fourth-order valence-corrected chi connectivity index (χ4v) is 7.45. The molecule has 8 rings (SSSR count). The van der Waals surface area contributed by atoms with Gasteiger partial charge in [-0.05, 0) is 97.8 Å². The van der Waals surface area contributed by atoms with Gasteiger partial charge >= 0.3 is 12.6 Å². The zero-order valence-electron chi connectivity index (χ0n) is 29.6. The van der Waals surface area contributed by atoms with Crippen LogP contribution in [0.25, 0.3) is 56.2 Å². The number of rotatable bonds is 10. The number of halogens is 3. The number of nitrogens with one attached hydrogen (secondary N) is 1. The van der Waals surface area contributed by atoms with E-state index in [1.807, 2.05) is 61.2 Å². The summed E-state index contributed by atoms with van der Waals surface area (Å²) in [5, 5.41) is 13.0. The number of fused-ring (bicyclic) bond motifs is 2. The van der Waals surface area contributed by atoms with Crippen molar-refractivity contribution in [1.29, 1.82) is 5.26 Å².